The molecular weight excluding hydrogens is 502 g/mol. The van der Waals surface area contributed by atoms with Crippen LogP contribution >= 0.6 is 27.7 Å². The Morgan fingerprint density at radius 1 is 1.16 bits per heavy atom. The number of thioether (sulfide) groups is 1. The molecule has 0 aliphatic carbocycles. The highest BCUT2D eigenvalue weighted by Gasteiger charge is 2.21. The number of carbonyl (C=O) groups excluding carboxylic acids is 1. The van der Waals surface area contributed by atoms with Gasteiger partial charge in [0, 0.05) is 11.0 Å². The van der Waals surface area contributed by atoms with Crippen molar-refractivity contribution in [3.05, 3.63) is 64.4 Å². The van der Waals surface area contributed by atoms with Gasteiger partial charge in [0.15, 0.2) is 17.1 Å². The van der Waals surface area contributed by atoms with Gasteiger partial charge in [0.05, 0.1) is 11.4 Å². The number of anilines is 1. The number of hydrogen-bond acceptors (Lipinski definition) is 5. The summed E-state index contributed by atoms with van der Waals surface area (Å²) in [5.74, 6) is 0.245. The quantitative estimate of drug-likeness (QED) is 0.356. The molecule has 0 spiro atoms. The number of nitrogens with one attached hydrogen (secondary N) is 1. The molecule has 0 aliphatic heterocycles. The molecule has 1 amide bonds. The number of benzene rings is 2. The molecule has 0 saturated heterocycles. The first-order chi connectivity index (χ1) is 15.2. The first kappa shape index (κ1) is 24.2. The van der Waals surface area contributed by atoms with E-state index in [4.69, 9.17) is 4.74 Å². The van der Waals surface area contributed by atoms with Gasteiger partial charge in [-0.15, -0.1) is 10.2 Å². The lowest BCUT2D eigenvalue weighted by Crippen LogP contribution is -2.17. The number of nitrogens with zero attached hydrogens (tertiary/aromatic N) is 3. The van der Waals surface area contributed by atoms with Crippen LogP contribution in [0.1, 0.15) is 32.7 Å². The van der Waals surface area contributed by atoms with Crippen LogP contribution in [0.3, 0.4) is 0 Å². The maximum absolute atomic E-state index is 14.0. The van der Waals surface area contributed by atoms with Crippen LogP contribution in [-0.2, 0) is 11.3 Å². The summed E-state index contributed by atoms with van der Waals surface area (Å²) in [6.07, 6.45) is -0.438. The molecule has 1 heterocycles. The second-order valence-electron chi connectivity index (χ2n) is 7.52. The summed E-state index contributed by atoms with van der Waals surface area (Å²) < 4.78 is 35.5. The summed E-state index contributed by atoms with van der Waals surface area (Å²) >= 11 is 4.40. The fourth-order valence-electron chi connectivity index (χ4n) is 2.92. The Morgan fingerprint density at radius 3 is 2.53 bits per heavy atom. The highest BCUT2D eigenvalue weighted by molar-refractivity contribution is 9.10. The minimum atomic E-state index is -0.519. The fraction of sp³-hybridized carbons (Fsp3) is 0.318. The van der Waals surface area contributed by atoms with Crippen molar-refractivity contribution >= 4 is 39.3 Å². The van der Waals surface area contributed by atoms with E-state index in [0.29, 0.717) is 33.7 Å². The molecule has 3 rings (SSSR count). The van der Waals surface area contributed by atoms with Crippen molar-refractivity contribution in [1.29, 1.82) is 0 Å². The Morgan fingerprint density at radius 2 is 1.88 bits per heavy atom. The lowest BCUT2D eigenvalue weighted by Gasteiger charge is -2.17. The van der Waals surface area contributed by atoms with Crippen LogP contribution in [0.15, 0.2) is 52.1 Å². The number of halogens is 3. The zero-order valence-corrected chi connectivity index (χ0v) is 20.2. The fourth-order valence-corrected chi connectivity index (χ4v) is 4.01. The Hall–Kier alpha value is -2.46. The monoisotopic (exact) mass is 524 g/mol. The molecule has 0 bridgehead atoms. The molecule has 0 radical (unpaired) electrons. The number of rotatable bonds is 9. The van der Waals surface area contributed by atoms with E-state index in [1.165, 1.54) is 36.0 Å². The molecule has 1 unspecified atom stereocenters. The van der Waals surface area contributed by atoms with Gasteiger partial charge in [0.2, 0.25) is 5.91 Å². The second-order valence-corrected chi connectivity index (χ2v) is 9.38. The second kappa shape index (κ2) is 10.9. The topological polar surface area (TPSA) is 69.0 Å². The summed E-state index contributed by atoms with van der Waals surface area (Å²) in [4.78, 5) is 12.3. The van der Waals surface area contributed by atoms with Crippen LogP contribution in [0.2, 0.25) is 0 Å². The van der Waals surface area contributed by atoms with Crippen molar-refractivity contribution in [3.8, 4) is 5.75 Å². The minimum absolute atomic E-state index is 0.0406. The lowest BCUT2D eigenvalue weighted by molar-refractivity contribution is -0.113. The van der Waals surface area contributed by atoms with E-state index in [2.05, 4.69) is 45.3 Å². The van der Waals surface area contributed by atoms with Crippen molar-refractivity contribution in [2.24, 2.45) is 5.92 Å². The van der Waals surface area contributed by atoms with Gasteiger partial charge in [-0.3, -0.25) is 4.79 Å². The lowest BCUT2D eigenvalue weighted by atomic mass is 10.2. The predicted octanol–water partition coefficient (Wildman–Crippen LogP) is 5.85. The summed E-state index contributed by atoms with van der Waals surface area (Å²) in [5, 5.41) is 11.6. The van der Waals surface area contributed by atoms with Gasteiger partial charge in [-0.1, -0.05) is 41.5 Å². The Labute approximate surface area is 197 Å². The molecule has 1 atom stereocenters. The maximum Gasteiger partial charge on any atom is 0.234 e. The van der Waals surface area contributed by atoms with Crippen LogP contribution in [0.4, 0.5) is 14.5 Å². The van der Waals surface area contributed by atoms with Crippen molar-refractivity contribution in [3.63, 3.8) is 0 Å². The molecule has 10 heteroatoms. The summed E-state index contributed by atoms with van der Waals surface area (Å²) in [6.45, 7) is 6.59. The van der Waals surface area contributed by atoms with Crippen LogP contribution in [0, 0.1) is 17.6 Å². The van der Waals surface area contributed by atoms with E-state index in [1.54, 1.807) is 18.2 Å². The summed E-state index contributed by atoms with van der Waals surface area (Å²) in [6, 6.07) is 10.2. The third-order valence-corrected chi connectivity index (χ3v) is 5.78. The SMILES string of the molecule is CC(C)Cn1c(SCC(=O)Nc2ccc(Br)cc2F)nnc1C(C)Oc1ccc(F)cc1. The third-order valence-electron chi connectivity index (χ3n) is 4.32. The summed E-state index contributed by atoms with van der Waals surface area (Å²) in [7, 11) is 0. The summed E-state index contributed by atoms with van der Waals surface area (Å²) in [5.41, 5.74) is 0.115. The smallest absolute Gasteiger partial charge is 0.234 e. The molecule has 1 N–H and O–H groups in total. The van der Waals surface area contributed by atoms with E-state index in [1.807, 2.05) is 11.5 Å². The maximum atomic E-state index is 14.0. The zero-order chi connectivity index (χ0) is 23.3. The number of ether oxygens (including phenoxy) is 1. The number of aromatic nitrogens is 3. The standard InChI is InChI=1S/C22H23BrF2N4O2S/c1-13(2)11-29-21(14(3)31-17-7-5-16(24)6-8-17)27-28-22(29)32-12-20(30)26-19-9-4-15(23)10-18(19)25/h4-10,13-14H,11-12H2,1-3H3,(H,26,30). The van der Waals surface area contributed by atoms with Gasteiger partial charge in [-0.05, 0) is 55.3 Å². The molecule has 32 heavy (non-hydrogen) atoms. The minimum Gasteiger partial charge on any atom is -0.483 e. The largest absolute Gasteiger partial charge is 0.483 e. The number of hydrogen-bond donors (Lipinski definition) is 1. The first-order valence-electron chi connectivity index (χ1n) is 9.96. The van der Waals surface area contributed by atoms with Crippen molar-refractivity contribution in [1.82, 2.24) is 14.8 Å². The van der Waals surface area contributed by atoms with Crippen molar-refractivity contribution in [2.75, 3.05) is 11.1 Å². The van der Waals surface area contributed by atoms with Crippen molar-refractivity contribution in [2.45, 2.75) is 38.6 Å². The van der Waals surface area contributed by atoms with Crippen LogP contribution in [-0.4, -0.2) is 26.4 Å². The van der Waals surface area contributed by atoms with Crippen LogP contribution < -0.4 is 10.1 Å². The van der Waals surface area contributed by atoms with Gasteiger partial charge >= 0.3 is 0 Å². The van der Waals surface area contributed by atoms with E-state index in [-0.39, 0.29) is 23.2 Å². The molecule has 0 fully saturated rings. The van der Waals surface area contributed by atoms with Gasteiger partial charge in [-0.2, -0.15) is 0 Å². The molecular formula is C22H23BrF2N4O2S. The normalized spacial score (nSPS) is 12.1. The van der Waals surface area contributed by atoms with Crippen LogP contribution in [0.5, 0.6) is 5.75 Å². The van der Waals surface area contributed by atoms with E-state index in [0.717, 1.165) is 0 Å². The molecule has 1 aromatic heterocycles. The Balaban J connectivity index is 1.69. The molecule has 170 valence electrons. The molecule has 6 nitrogen and oxygen atoms in total. The Bertz CT molecular complexity index is 1080. The first-order valence-corrected chi connectivity index (χ1v) is 11.7. The van der Waals surface area contributed by atoms with E-state index in [9.17, 15) is 13.6 Å². The zero-order valence-electron chi connectivity index (χ0n) is 17.8. The molecule has 0 saturated carbocycles. The van der Waals surface area contributed by atoms with Gasteiger partial charge < -0.3 is 14.6 Å². The van der Waals surface area contributed by atoms with Gasteiger partial charge in [0.1, 0.15) is 17.4 Å². The van der Waals surface area contributed by atoms with Gasteiger partial charge in [-0.25, -0.2) is 8.78 Å². The molecule has 2 aromatic carbocycles. The molecule has 0 aliphatic rings. The predicted molar refractivity (Wildman–Crippen MR) is 124 cm³/mol. The van der Waals surface area contributed by atoms with E-state index >= 15 is 0 Å². The highest BCUT2D eigenvalue weighted by Crippen LogP contribution is 2.26. The van der Waals surface area contributed by atoms with Gasteiger partial charge in [0.25, 0.3) is 0 Å². The molecule has 3 aromatic rings. The average Bonchev–Trinajstić information content (AvgIpc) is 3.12. The third kappa shape index (κ3) is 6.52. The van der Waals surface area contributed by atoms with Crippen LogP contribution in [0.25, 0.3) is 0 Å². The van der Waals surface area contributed by atoms with E-state index < -0.39 is 11.9 Å². The Kier molecular flexibility index (Phi) is 8.25. The average molecular weight is 525 g/mol. The number of carbonyl (C=O) groups is 1. The highest BCUT2D eigenvalue weighted by atomic mass is 79.9. The number of amides is 1. The van der Waals surface area contributed by atoms with Crippen molar-refractivity contribution < 1.29 is 18.3 Å².